The molecule has 2 atom stereocenters. The van der Waals surface area contributed by atoms with Crippen LogP contribution < -0.4 is 5.32 Å². The van der Waals surface area contributed by atoms with E-state index in [9.17, 15) is 9.59 Å². The van der Waals surface area contributed by atoms with Gasteiger partial charge in [0, 0.05) is 29.0 Å². The third-order valence-electron chi connectivity index (χ3n) is 5.47. The maximum absolute atomic E-state index is 13.2. The quantitative estimate of drug-likeness (QED) is 0.809. The van der Waals surface area contributed by atoms with Gasteiger partial charge in [-0.05, 0) is 37.8 Å². The van der Waals surface area contributed by atoms with Crippen LogP contribution in [0.3, 0.4) is 0 Å². The average molecular weight is 377 g/mol. The summed E-state index contributed by atoms with van der Waals surface area (Å²) >= 11 is 0. The SMILES string of the molecule is CCOC(=O)C1=C(C)NC2=C(C(=O)CC(c3ccccc3)C2)C1c1ccoc1. The Hall–Kier alpha value is -3.08. The molecule has 144 valence electrons. The van der Waals surface area contributed by atoms with Crippen LogP contribution in [-0.2, 0) is 14.3 Å². The van der Waals surface area contributed by atoms with Crippen molar-refractivity contribution in [3.63, 3.8) is 0 Å². The van der Waals surface area contributed by atoms with Crippen molar-refractivity contribution < 1.29 is 18.7 Å². The Morgan fingerprint density at radius 1 is 1.18 bits per heavy atom. The molecule has 2 aromatic rings. The highest BCUT2D eigenvalue weighted by molar-refractivity contribution is 6.04. The molecule has 1 aliphatic heterocycles. The first-order valence-corrected chi connectivity index (χ1v) is 9.58. The molecule has 0 amide bonds. The second-order valence-corrected chi connectivity index (χ2v) is 7.21. The Balaban J connectivity index is 1.77. The molecule has 2 heterocycles. The molecule has 0 spiro atoms. The lowest BCUT2D eigenvalue weighted by atomic mass is 9.72. The Morgan fingerprint density at radius 3 is 2.64 bits per heavy atom. The van der Waals surface area contributed by atoms with Crippen molar-refractivity contribution in [3.8, 4) is 0 Å². The smallest absolute Gasteiger partial charge is 0.336 e. The van der Waals surface area contributed by atoms with Crippen LogP contribution in [0.4, 0.5) is 0 Å². The fourth-order valence-electron chi connectivity index (χ4n) is 4.25. The van der Waals surface area contributed by atoms with Gasteiger partial charge in [0.25, 0.3) is 0 Å². The monoisotopic (exact) mass is 377 g/mol. The van der Waals surface area contributed by atoms with Gasteiger partial charge in [0.1, 0.15) is 0 Å². The van der Waals surface area contributed by atoms with Crippen molar-refractivity contribution in [2.24, 2.45) is 0 Å². The van der Waals surface area contributed by atoms with Crippen LogP contribution in [0.5, 0.6) is 0 Å². The molecule has 1 aromatic heterocycles. The third kappa shape index (κ3) is 3.17. The topological polar surface area (TPSA) is 68.5 Å². The fraction of sp³-hybridized carbons (Fsp3) is 0.304. The van der Waals surface area contributed by atoms with Crippen LogP contribution in [0, 0.1) is 0 Å². The summed E-state index contributed by atoms with van der Waals surface area (Å²) in [7, 11) is 0. The first kappa shape index (κ1) is 18.3. The summed E-state index contributed by atoms with van der Waals surface area (Å²) in [6.45, 7) is 3.92. The van der Waals surface area contributed by atoms with Gasteiger partial charge in [-0.2, -0.15) is 0 Å². The zero-order valence-electron chi connectivity index (χ0n) is 16.0. The van der Waals surface area contributed by atoms with Crippen molar-refractivity contribution in [3.05, 3.63) is 82.6 Å². The molecule has 5 nitrogen and oxygen atoms in total. The molecule has 0 radical (unpaired) electrons. The van der Waals surface area contributed by atoms with E-state index in [1.807, 2.05) is 31.2 Å². The fourth-order valence-corrected chi connectivity index (χ4v) is 4.25. The Bertz CT molecular complexity index is 954. The zero-order chi connectivity index (χ0) is 19.7. The molecule has 1 aromatic carbocycles. The minimum Gasteiger partial charge on any atom is -0.472 e. The molecular weight excluding hydrogens is 354 g/mol. The number of benzene rings is 1. The second-order valence-electron chi connectivity index (χ2n) is 7.21. The molecule has 0 fully saturated rings. The Morgan fingerprint density at radius 2 is 1.96 bits per heavy atom. The summed E-state index contributed by atoms with van der Waals surface area (Å²) in [5.41, 5.74) is 4.70. The number of Topliss-reactive ketones (excluding diaryl/α,β-unsaturated/α-hetero) is 1. The van der Waals surface area contributed by atoms with Crippen molar-refractivity contribution >= 4 is 11.8 Å². The maximum Gasteiger partial charge on any atom is 0.336 e. The van der Waals surface area contributed by atoms with E-state index in [0.717, 1.165) is 28.9 Å². The minimum absolute atomic E-state index is 0.0584. The standard InChI is InChI=1S/C23H23NO4/c1-3-28-23(26)20-14(2)24-18-11-17(15-7-5-4-6-8-15)12-19(25)22(18)21(20)16-9-10-27-13-16/h4-10,13,17,21,24H,3,11-12H2,1-2H3. The normalized spacial score (nSPS) is 22.0. The molecule has 1 aliphatic carbocycles. The predicted octanol–water partition coefficient (Wildman–Crippen LogP) is 4.20. The van der Waals surface area contributed by atoms with Gasteiger partial charge in [0.2, 0.25) is 0 Å². The minimum atomic E-state index is -0.460. The van der Waals surface area contributed by atoms with Gasteiger partial charge in [-0.15, -0.1) is 0 Å². The highest BCUT2D eigenvalue weighted by Gasteiger charge is 2.41. The van der Waals surface area contributed by atoms with E-state index >= 15 is 0 Å². The van der Waals surface area contributed by atoms with Crippen molar-refractivity contribution in [2.75, 3.05) is 6.61 Å². The number of hydrogen-bond acceptors (Lipinski definition) is 5. The first-order valence-electron chi connectivity index (χ1n) is 9.58. The lowest BCUT2D eigenvalue weighted by molar-refractivity contribution is -0.138. The molecule has 1 N–H and O–H groups in total. The highest BCUT2D eigenvalue weighted by Crippen LogP contribution is 2.45. The molecule has 2 aliphatic rings. The van der Waals surface area contributed by atoms with E-state index in [0.29, 0.717) is 17.6 Å². The molecule has 28 heavy (non-hydrogen) atoms. The summed E-state index contributed by atoms with van der Waals surface area (Å²) < 4.78 is 10.6. The number of furan rings is 1. The van der Waals surface area contributed by atoms with Gasteiger partial charge < -0.3 is 14.5 Å². The molecule has 4 rings (SSSR count). The molecule has 0 saturated heterocycles. The summed E-state index contributed by atoms with van der Waals surface area (Å²) in [6.07, 6.45) is 4.32. The van der Waals surface area contributed by atoms with E-state index in [2.05, 4.69) is 17.4 Å². The second kappa shape index (κ2) is 7.50. The van der Waals surface area contributed by atoms with Gasteiger partial charge in [-0.3, -0.25) is 4.79 Å². The maximum atomic E-state index is 13.2. The van der Waals surface area contributed by atoms with Crippen molar-refractivity contribution in [2.45, 2.75) is 38.5 Å². The summed E-state index contributed by atoms with van der Waals surface area (Å²) in [6, 6.07) is 11.9. The molecule has 5 heteroatoms. The number of carbonyl (C=O) groups is 2. The van der Waals surface area contributed by atoms with E-state index in [1.54, 1.807) is 19.5 Å². The predicted molar refractivity (Wildman–Crippen MR) is 104 cm³/mol. The molecular formula is C23H23NO4. The lowest BCUT2D eigenvalue weighted by Crippen LogP contribution is -2.36. The molecule has 2 unspecified atom stereocenters. The zero-order valence-corrected chi connectivity index (χ0v) is 16.0. The van der Waals surface area contributed by atoms with E-state index in [1.165, 1.54) is 0 Å². The van der Waals surface area contributed by atoms with E-state index in [4.69, 9.17) is 9.15 Å². The van der Waals surface area contributed by atoms with Gasteiger partial charge in [-0.1, -0.05) is 30.3 Å². The molecule has 0 saturated carbocycles. The van der Waals surface area contributed by atoms with Gasteiger partial charge >= 0.3 is 5.97 Å². The van der Waals surface area contributed by atoms with Gasteiger partial charge in [-0.25, -0.2) is 4.79 Å². The lowest BCUT2D eigenvalue weighted by Gasteiger charge is -2.36. The number of carbonyl (C=O) groups excluding carboxylic acids is 2. The van der Waals surface area contributed by atoms with E-state index in [-0.39, 0.29) is 18.3 Å². The van der Waals surface area contributed by atoms with Crippen LogP contribution in [0.1, 0.15) is 49.7 Å². The number of ether oxygens (including phenoxy) is 1. The largest absolute Gasteiger partial charge is 0.472 e. The number of nitrogens with one attached hydrogen (secondary N) is 1. The summed E-state index contributed by atoms with van der Waals surface area (Å²) in [4.78, 5) is 25.9. The number of hydrogen-bond donors (Lipinski definition) is 1. The van der Waals surface area contributed by atoms with Crippen LogP contribution in [0.25, 0.3) is 0 Å². The number of esters is 1. The van der Waals surface area contributed by atoms with Crippen LogP contribution in [0.15, 0.2) is 75.9 Å². The average Bonchev–Trinajstić information content (AvgIpc) is 3.22. The van der Waals surface area contributed by atoms with Crippen LogP contribution >= 0.6 is 0 Å². The number of allylic oxidation sites excluding steroid dienone is 3. The van der Waals surface area contributed by atoms with Crippen LogP contribution in [-0.4, -0.2) is 18.4 Å². The van der Waals surface area contributed by atoms with Crippen LogP contribution in [0.2, 0.25) is 0 Å². The summed E-state index contributed by atoms with van der Waals surface area (Å²) in [5, 5.41) is 3.34. The Kier molecular flexibility index (Phi) is 4.90. The Labute approximate surface area is 164 Å². The molecule has 0 bridgehead atoms. The summed E-state index contributed by atoms with van der Waals surface area (Å²) in [5.74, 6) is -0.675. The number of rotatable bonds is 4. The van der Waals surface area contributed by atoms with Gasteiger partial charge in [0.15, 0.2) is 5.78 Å². The number of ketones is 1. The van der Waals surface area contributed by atoms with Crippen molar-refractivity contribution in [1.29, 1.82) is 0 Å². The van der Waals surface area contributed by atoms with Gasteiger partial charge in [0.05, 0.1) is 30.6 Å². The number of dihydropyridines is 1. The first-order chi connectivity index (χ1) is 13.6. The highest BCUT2D eigenvalue weighted by atomic mass is 16.5. The van der Waals surface area contributed by atoms with Crippen molar-refractivity contribution in [1.82, 2.24) is 5.32 Å². The van der Waals surface area contributed by atoms with E-state index < -0.39 is 11.9 Å². The third-order valence-corrected chi connectivity index (χ3v) is 5.47.